The van der Waals surface area contributed by atoms with E-state index >= 15 is 0 Å². The molecule has 7 aromatic rings. The summed E-state index contributed by atoms with van der Waals surface area (Å²) in [4.78, 5) is 16.3. The largest absolute Gasteiger partial charge is 0.455 e. The zero-order valence-electron chi connectivity index (χ0n) is 27.6. The minimum Gasteiger partial charge on any atom is -0.455 e. The molecule has 4 heteroatoms. The van der Waals surface area contributed by atoms with E-state index in [1.165, 1.54) is 33.0 Å². The van der Waals surface area contributed by atoms with Crippen molar-refractivity contribution in [1.82, 2.24) is 0 Å². The first-order valence-electron chi connectivity index (χ1n) is 17.7. The maximum Gasteiger partial charge on any atom is 0.230 e. The smallest absolute Gasteiger partial charge is 0.230 e. The highest BCUT2D eigenvalue weighted by atomic mass is 16.3. The van der Waals surface area contributed by atoms with Crippen molar-refractivity contribution < 1.29 is 13.6 Å². The lowest BCUT2D eigenvalue weighted by Gasteiger charge is -2.30. The molecular formula is C46H35NO3. The molecule has 0 bridgehead atoms. The summed E-state index contributed by atoms with van der Waals surface area (Å²) >= 11 is 0. The Labute approximate surface area is 290 Å². The molecule has 1 aliphatic heterocycles. The molecule has 2 aromatic heterocycles. The lowest BCUT2D eigenvalue weighted by atomic mass is 9.75. The molecule has 2 aliphatic carbocycles. The third-order valence-electron chi connectivity index (χ3n) is 11.0. The van der Waals surface area contributed by atoms with Gasteiger partial charge in [0.25, 0.3) is 0 Å². The topological polar surface area (TPSA) is 46.6 Å². The van der Waals surface area contributed by atoms with Crippen LogP contribution in [0.3, 0.4) is 0 Å². The number of para-hydroxylation sites is 3. The minimum absolute atomic E-state index is 0.0861. The van der Waals surface area contributed by atoms with E-state index in [1.54, 1.807) is 0 Å². The van der Waals surface area contributed by atoms with E-state index < -0.39 is 0 Å². The second-order valence-electron chi connectivity index (χ2n) is 13.8. The number of nitrogens with zero attached hydrogens (tertiary/aromatic N) is 1. The molecule has 0 amide bonds. The predicted molar refractivity (Wildman–Crippen MR) is 203 cm³/mol. The Balaban J connectivity index is 0.898. The van der Waals surface area contributed by atoms with Crippen molar-refractivity contribution in [3.63, 3.8) is 0 Å². The molecule has 4 nitrogen and oxygen atoms in total. The molecule has 0 spiro atoms. The highest BCUT2D eigenvalue weighted by molar-refractivity contribution is 6.15. The lowest BCUT2D eigenvalue weighted by molar-refractivity contribution is 0.101. The zero-order valence-corrected chi connectivity index (χ0v) is 27.6. The molecule has 0 saturated carbocycles. The maximum absolute atomic E-state index is 14.0. The summed E-state index contributed by atoms with van der Waals surface area (Å²) in [5, 5.41) is 3.34. The Morgan fingerprint density at radius 3 is 2.32 bits per heavy atom. The monoisotopic (exact) mass is 649 g/mol. The van der Waals surface area contributed by atoms with Gasteiger partial charge in [-0.25, -0.2) is 0 Å². The van der Waals surface area contributed by atoms with Gasteiger partial charge in [-0.2, -0.15) is 0 Å². The molecule has 0 fully saturated rings. The third-order valence-corrected chi connectivity index (χ3v) is 11.0. The average Bonchev–Trinajstić information content (AvgIpc) is 3.75. The van der Waals surface area contributed by atoms with E-state index in [-0.39, 0.29) is 5.78 Å². The van der Waals surface area contributed by atoms with E-state index in [9.17, 15) is 4.79 Å². The average molecular weight is 650 g/mol. The summed E-state index contributed by atoms with van der Waals surface area (Å²) in [5.41, 5.74) is 11.6. The van der Waals surface area contributed by atoms with E-state index in [1.807, 2.05) is 60.7 Å². The van der Waals surface area contributed by atoms with Crippen LogP contribution in [-0.2, 0) is 6.42 Å². The van der Waals surface area contributed by atoms with Crippen LogP contribution in [0.15, 0.2) is 148 Å². The normalized spacial score (nSPS) is 18.9. The molecule has 3 aliphatic rings. The molecule has 3 heterocycles. The van der Waals surface area contributed by atoms with Gasteiger partial charge in [0.05, 0.1) is 5.69 Å². The Morgan fingerprint density at radius 1 is 0.700 bits per heavy atom. The summed E-state index contributed by atoms with van der Waals surface area (Å²) in [6.45, 7) is 0.654. The van der Waals surface area contributed by atoms with Crippen molar-refractivity contribution in [3.05, 3.63) is 167 Å². The number of hydrogen-bond acceptors (Lipinski definition) is 4. The fourth-order valence-electron chi connectivity index (χ4n) is 8.53. The number of rotatable bonds is 4. The first-order chi connectivity index (χ1) is 24.7. The van der Waals surface area contributed by atoms with Crippen molar-refractivity contribution in [2.45, 2.75) is 31.6 Å². The van der Waals surface area contributed by atoms with Crippen LogP contribution in [0.25, 0.3) is 50.1 Å². The van der Waals surface area contributed by atoms with Crippen LogP contribution in [-0.4, -0.2) is 12.3 Å². The number of carbonyl (C=O) groups is 1. The highest BCUT2D eigenvalue weighted by Crippen LogP contribution is 2.47. The molecule has 2 unspecified atom stereocenters. The van der Waals surface area contributed by atoms with Gasteiger partial charge in [0, 0.05) is 45.1 Å². The van der Waals surface area contributed by atoms with Gasteiger partial charge in [-0.15, -0.1) is 0 Å². The maximum atomic E-state index is 14.0. The number of hydrogen-bond donors (Lipinski definition) is 0. The molecule has 0 radical (unpaired) electrons. The molecule has 5 aromatic carbocycles. The van der Waals surface area contributed by atoms with Gasteiger partial charge in [0.2, 0.25) is 5.78 Å². The SMILES string of the molecule is O=C1c2ccccc2N(C2=CCC(CCC3Cc4ccc5c(oc6ccccc65)c4-c4ccccc43)C=C2)C/C=C\c2c1oc1ccccc21. The van der Waals surface area contributed by atoms with Crippen molar-refractivity contribution in [2.24, 2.45) is 5.92 Å². The van der Waals surface area contributed by atoms with Crippen LogP contribution in [0, 0.1) is 5.92 Å². The molecule has 10 rings (SSSR count). The van der Waals surface area contributed by atoms with E-state index in [4.69, 9.17) is 8.83 Å². The molecule has 0 saturated heterocycles. The Bertz CT molecular complexity index is 2580. The van der Waals surface area contributed by atoms with Crippen LogP contribution in [0.5, 0.6) is 0 Å². The third kappa shape index (κ3) is 4.63. The number of allylic oxidation sites excluding steroid dienone is 3. The number of benzene rings is 5. The Morgan fingerprint density at radius 2 is 1.46 bits per heavy atom. The quantitative estimate of drug-likeness (QED) is 0.190. The summed E-state index contributed by atoms with van der Waals surface area (Å²) in [5.74, 6) is 1.24. The summed E-state index contributed by atoms with van der Waals surface area (Å²) in [6.07, 6.45) is 15.4. The van der Waals surface area contributed by atoms with Gasteiger partial charge in [-0.3, -0.25) is 4.79 Å². The minimum atomic E-state index is -0.0861. The molecular weight excluding hydrogens is 615 g/mol. The summed E-state index contributed by atoms with van der Waals surface area (Å²) < 4.78 is 12.6. The molecule has 50 heavy (non-hydrogen) atoms. The predicted octanol–water partition coefficient (Wildman–Crippen LogP) is 11.6. The van der Waals surface area contributed by atoms with Crippen LogP contribution < -0.4 is 4.90 Å². The van der Waals surface area contributed by atoms with Crippen LogP contribution in [0.2, 0.25) is 0 Å². The first-order valence-corrected chi connectivity index (χ1v) is 17.7. The van der Waals surface area contributed by atoms with E-state index in [0.717, 1.165) is 64.8 Å². The molecule has 2 atom stereocenters. The van der Waals surface area contributed by atoms with Crippen molar-refractivity contribution in [2.75, 3.05) is 11.4 Å². The van der Waals surface area contributed by atoms with Crippen molar-refractivity contribution >= 4 is 50.5 Å². The number of furan rings is 2. The van der Waals surface area contributed by atoms with Crippen molar-refractivity contribution in [1.29, 1.82) is 0 Å². The van der Waals surface area contributed by atoms with Gasteiger partial charge in [0.1, 0.15) is 16.7 Å². The van der Waals surface area contributed by atoms with E-state index in [2.05, 4.69) is 83.8 Å². The van der Waals surface area contributed by atoms with Gasteiger partial charge in [-0.05, 0) is 84.6 Å². The summed E-state index contributed by atoms with van der Waals surface area (Å²) in [7, 11) is 0. The lowest BCUT2D eigenvalue weighted by Crippen LogP contribution is -2.25. The fraction of sp³-hybridized carbons (Fsp3) is 0.152. The number of carbonyl (C=O) groups excluding carboxylic acids is 1. The Hall–Kier alpha value is -5.87. The van der Waals surface area contributed by atoms with Gasteiger partial charge < -0.3 is 13.7 Å². The van der Waals surface area contributed by atoms with Crippen LogP contribution in [0.1, 0.15) is 58.0 Å². The number of ketones is 1. The number of anilines is 1. The van der Waals surface area contributed by atoms with Crippen LogP contribution >= 0.6 is 0 Å². The van der Waals surface area contributed by atoms with Crippen molar-refractivity contribution in [3.8, 4) is 11.1 Å². The standard InChI is InChI=1S/C46H35NO3/c48-44-39-14-3-6-16-40(39)47(27-9-15-37-34-11-4-8-18-42(34)50-46(37)44)32-24-20-29(21-25-32)19-22-30-28-31-23-26-38-35-12-5-7-17-41(35)49-45(38)43(31)36-13-2-1-10-33(30)36/h1-18,20,23-26,29-30H,19,21-22,27-28H2/b15-9-. The van der Waals surface area contributed by atoms with Gasteiger partial charge in [-0.1, -0.05) is 109 Å². The molecule has 242 valence electrons. The Kier molecular flexibility index (Phi) is 6.76. The number of fused-ring (bicyclic) bond motifs is 11. The molecule has 0 N–H and O–H groups in total. The second-order valence-corrected chi connectivity index (χ2v) is 13.8. The summed E-state index contributed by atoms with van der Waals surface area (Å²) in [6, 6.07) is 37.7. The van der Waals surface area contributed by atoms with Gasteiger partial charge >= 0.3 is 0 Å². The van der Waals surface area contributed by atoms with E-state index in [0.29, 0.717) is 29.7 Å². The highest BCUT2D eigenvalue weighted by Gasteiger charge is 2.30. The van der Waals surface area contributed by atoms with Crippen LogP contribution in [0.4, 0.5) is 5.69 Å². The zero-order chi connectivity index (χ0) is 33.2. The van der Waals surface area contributed by atoms with Gasteiger partial charge in [0.15, 0.2) is 5.76 Å². The second kappa shape index (κ2) is 11.6. The fourth-order valence-corrected chi connectivity index (χ4v) is 8.53. The first kappa shape index (κ1) is 29.1.